The Balaban J connectivity index is 2.54. The number of aromatic nitrogens is 2. The highest BCUT2D eigenvalue weighted by Crippen LogP contribution is 2.20. The average molecular weight is 324 g/mol. The lowest BCUT2D eigenvalue weighted by Gasteiger charge is -2.11. The Morgan fingerprint density at radius 3 is 2.84 bits per heavy atom. The number of carbonyl (C=O) groups is 1. The summed E-state index contributed by atoms with van der Waals surface area (Å²) >= 11 is 3.46. The van der Waals surface area contributed by atoms with Crippen LogP contribution in [0.1, 0.15) is 42.0 Å². The van der Waals surface area contributed by atoms with E-state index in [4.69, 9.17) is 0 Å². The predicted octanol–water partition coefficient (Wildman–Crippen LogP) is 3.24. The fourth-order valence-electron chi connectivity index (χ4n) is 2.05. The highest BCUT2D eigenvalue weighted by molar-refractivity contribution is 9.10. The molecular formula is C14H18BrN3O. The molecule has 0 spiro atoms. The fraction of sp³-hybridized carbons (Fsp3) is 0.429. The third-order valence-corrected chi connectivity index (χ3v) is 3.68. The van der Waals surface area contributed by atoms with Crippen molar-refractivity contribution in [1.82, 2.24) is 14.7 Å². The van der Waals surface area contributed by atoms with Crippen molar-refractivity contribution in [1.29, 1.82) is 0 Å². The zero-order chi connectivity index (χ0) is 14.2. The second kappa shape index (κ2) is 5.33. The molecule has 5 heteroatoms. The van der Waals surface area contributed by atoms with Crippen LogP contribution < -0.4 is 5.32 Å². The van der Waals surface area contributed by atoms with Crippen molar-refractivity contribution in [2.75, 3.05) is 0 Å². The van der Waals surface area contributed by atoms with Gasteiger partial charge >= 0.3 is 0 Å². The molecule has 0 aromatic carbocycles. The summed E-state index contributed by atoms with van der Waals surface area (Å²) in [6.07, 6.45) is 2.79. The van der Waals surface area contributed by atoms with Crippen molar-refractivity contribution in [2.45, 2.75) is 40.2 Å². The van der Waals surface area contributed by atoms with E-state index in [9.17, 15) is 4.79 Å². The molecule has 1 unspecified atom stereocenters. The van der Waals surface area contributed by atoms with E-state index in [0.29, 0.717) is 5.69 Å². The van der Waals surface area contributed by atoms with E-state index in [0.717, 1.165) is 27.8 Å². The third kappa shape index (κ3) is 2.66. The summed E-state index contributed by atoms with van der Waals surface area (Å²) in [4.78, 5) is 16.8. The summed E-state index contributed by atoms with van der Waals surface area (Å²) in [5.41, 5.74) is 3.23. The van der Waals surface area contributed by atoms with Crippen LogP contribution in [0.4, 0.5) is 0 Å². The molecule has 19 heavy (non-hydrogen) atoms. The van der Waals surface area contributed by atoms with E-state index >= 15 is 0 Å². The van der Waals surface area contributed by atoms with E-state index in [-0.39, 0.29) is 11.9 Å². The van der Waals surface area contributed by atoms with Gasteiger partial charge in [-0.15, -0.1) is 0 Å². The summed E-state index contributed by atoms with van der Waals surface area (Å²) < 4.78 is 2.79. The second-order valence-electron chi connectivity index (χ2n) is 4.86. The topological polar surface area (TPSA) is 46.4 Å². The van der Waals surface area contributed by atoms with Crippen LogP contribution >= 0.6 is 15.9 Å². The minimum Gasteiger partial charge on any atom is -0.348 e. The summed E-state index contributed by atoms with van der Waals surface area (Å²) in [6, 6.07) is 2.16. The Morgan fingerprint density at radius 1 is 1.53 bits per heavy atom. The summed E-state index contributed by atoms with van der Waals surface area (Å²) in [6.45, 7) is 7.90. The maximum atomic E-state index is 12.3. The number of nitrogens with zero attached hydrogens (tertiary/aromatic N) is 2. The second-order valence-corrected chi connectivity index (χ2v) is 5.78. The number of fused-ring (bicyclic) bond motifs is 1. The van der Waals surface area contributed by atoms with E-state index in [1.807, 2.05) is 44.4 Å². The lowest BCUT2D eigenvalue weighted by molar-refractivity contribution is 0.0932. The molecule has 2 aromatic heterocycles. The Morgan fingerprint density at radius 2 is 2.21 bits per heavy atom. The first kappa shape index (κ1) is 14.1. The van der Waals surface area contributed by atoms with Gasteiger partial charge in [-0.3, -0.25) is 9.20 Å². The van der Waals surface area contributed by atoms with Crippen molar-refractivity contribution in [2.24, 2.45) is 0 Å². The van der Waals surface area contributed by atoms with Crippen molar-refractivity contribution in [3.8, 4) is 0 Å². The molecule has 0 aliphatic heterocycles. The molecule has 0 saturated carbocycles. The first-order valence-corrected chi connectivity index (χ1v) is 7.19. The van der Waals surface area contributed by atoms with Gasteiger partial charge in [0.1, 0.15) is 11.3 Å². The highest BCUT2D eigenvalue weighted by Gasteiger charge is 2.18. The van der Waals surface area contributed by atoms with Crippen LogP contribution in [-0.2, 0) is 0 Å². The van der Waals surface area contributed by atoms with Crippen LogP contribution in [0.2, 0.25) is 0 Å². The number of aryl methyl sites for hydroxylation is 2. The molecular weight excluding hydrogens is 306 g/mol. The van der Waals surface area contributed by atoms with Crippen LogP contribution in [0.25, 0.3) is 5.65 Å². The standard InChI is InChI=1S/C14H18BrN3O/c1-5-9(3)16-14(19)12-10(4)17-13-8(2)6-11(15)7-18(12)13/h6-7,9H,5H2,1-4H3,(H,16,19). The van der Waals surface area contributed by atoms with Gasteiger partial charge in [-0.1, -0.05) is 6.92 Å². The Bertz CT molecular complexity index is 633. The zero-order valence-corrected chi connectivity index (χ0v) is 13.2. The summed E-state index contributed by atoms with van der Waals surface area (Å²) in [5, 5.41) is 2.99. The van der Waals surface area contributed by atoms with Crippen LogP contribution in [0.15, 0.2) is 16.7 Å². The van der Waals surface area contributed by atoms with Crippen molar-refractivity contribution >= 4 is 27.5 Å². The molecule has 0 bridgehead atoms. The predicted molar refractivity (Wildman–Crippen MR) is 79.6 cm³/mol. The number of pyridine rings is 1. The molecule has 102 valence electrons. The maximum Gasteiger partial charge on any atom is 0.270 e. The number of hydrogen-bond acceptors (Lipinski definition) is 2. The molecule has 1 atom stereocenters. The van der Waals surface area contributed by atoms with Gasteiger partial charge in [0, 0.05) is 16.7 Å². The van der Waals surface area contributed by atoms with Crippen LogP contribution in [0.3, 0.4) is 0 Å². The Kier molecular flexibility index (Phi) is 3.94. The van der Waals surface area contributed by atoms with E-state index in [2.05, 4.69) is 26.2 Å². The van der Waals surface area contributed by atoms with E-state index in [1.165, 1.54) is 0 Å². The van der Waals surface area contributed by atoms with E-state index in [1.54, 1.807) is 0 Å². The van der Waals surface area contributed by atoms with Crippen molar-refractivity contribution in [3.05, 3.63) is 33.7 Å². The van der Waals surface area contributed by atoms with Crippen molar-refractivity contribution < 1.29 is 4.79 Å². The smallest absolute Gasteiger partial charge is 0.270 e. The number of rotatable bonds is 3. The number of carbonyl (C=O) groups excluding carboxylic acids is 1. The third-order valence-electron chi connectivity index (χ3n) is 3.25. The van der Waals surface area contributed by atoms with Crippen LogP contribution in [0, 0.1) is 13.8 Å². The minimum absolute atomic E-state index is 0.0724. The van der Waals surface area contributed by atoms with Gasteiger partial charge < -0.3 is 5.32 Å². The number of hydrogen-bond donors (Lipinski definition) is 1. The van der Waals surface area contributed by atoms with Gasteiger partial charge in [-0.2, -0.15) is 0 Å². The molecule has 0 saturated heterocycles. The Hall–Kier alpha value is -1.36. The lowest BCUT2D eigenvalue weighted by Crippen LogP contribution is -2.33. The monoisotopic (exact) mass is 323 g/mol. The minimum atomic E-state index is -0.0724. The molecule has 2 aromatic rings. The number of nitrogens with one attached hydrogen (secondary N) is 1. The van der Waals surface area contributed by atoms with Crippen LogP contribution in [0.5, 0.6) is 0 Å². The molecule has 2 rings (SSSR count). The zero-order valence-electron chi connectivity index (χ0n) is 11.6. The van der Waals surface area contributed by atoms with Gasteiger partial charge in [0.25, 0.3) is 5.91 Å². The molecule has 0 fully saturated rings. The Labute approximate surface area is 121 Å². The molecule has 4 nitrogen and oxygen atoms in total. The van der Waals surface area contributed by atoms with Gasteiger partial charge in [0.05, 0.1) is 5.69 Å². The molecule has 2 heterocycles. The van der Waals surface area contributed by atoms with Gasteiger partial charge in [0.2, 0.25) is 0 Å². The van der Waals surface area contributed by atoms with Crippen LogP contribution in [-0.4, -0.2) is 21.3 Å². The van der Waals surface area contributed by atoms with E-state index < -0.39 is 0 Å². The first-order valence-electron chi connectivity index (χ1n) is 6.39. The average Bonchev–Trinajstić information content (AvgIpc) is 2.65. The SMILES string of the molecule is CCC(C)NC(=O)c1c(C)nc2c(C)cc(Br)cn12. The van der Waals surface area contributed by atoms with Gasteiger partial charge in [-0.25, -0.2) is 4.98 Å². The lowest BCUT2D eigenvalue weighted by atomic mass is 10.2. The molecule has 0 radical (unpaired) electrons. The maximum absolute atomic E-state index is 12.3. The molecule has 0 aliphatic rings. The van der Waals surface area contributed by atoms with Crippen molar-refractivity contribution in [3.63, 3.8) is 0 Å². The number of halogens is 1. The molecule has 0 aliphatic carbocycles. The number of imidazole rings is 1. The summed E-state index contributed by atoms with van der Waals surface area (Å²) in [7, 11) is 0. The molecule has 1 N–H and O–H groups in total. The first-order chi connectivity index (χ1) is 8.93. The molecule has 1 amide bonds. The largest absolute Gasteiger partial charge is 0.348 e. The number of amides is 1. The quantitative estimate of drug-likeness (QED) is 0.942. The van der Waals surface area contributed by atoms with Gasteiger partial charge in [0.15, 0.2) is 0 Å². The summed E-state index contributed by atoms with van der Waals surface area (Å²) in [5.74, 6) is -0.0724. The van der Waals surface area contributed by atoms with Gasteiger partial charge in [-0.05, 0) is 54.8 Å². The normalized spacial score (nSPS) is 12.7. The fourth-order valence-corrected chi connectivity index (χ4v) is 2.60. The highest BCUT2D eigenvalue weighted by atomic mass is 79.9.